The number of anilines is 1. The van der Waals surface area contributed by atoms with E-state index >= 15 is 0 Å². The van der Waals surface area contributed by atoms with Gasteiger partial charge in [0.15, 0.2) is 11.5 Å². The minimum atomic E-state index is -3.67. The zero-order valence-electron chi connectivity index (χ0n) is 12.5. The normalized spacial score (nSPS) is 11.8. The highest BCUT2D eigenvalue weighted by Crippen LogP contribution is 2.24. The van der Waals surface area contributed by atoms with Crippen molar-refractivity contribution in [2.24, 2.45) is 0 Å². The molecule has 0 fully saturated rings. The molecule has 0 amide bonds. The molecule has 0 bridgehead atoms. The fourth-order valence-electron chi connectivity index (χ4n) is 2.24. The largest absolute Gasteiger partial charge is 0.441 e. The lowest BCUT2D eigenvalue weighted by Gasteiger charge is -2.11. The summed E-state index contributed by atoms with van der Waals surface area (Å²) in [7, 11) is -3.67. The number of rotatable bonds is 3. The molecule has 1 heterocycles. The van der Waals surface area contributed by atoms with Crippen molar-refractivity contribution in [2.75, 3.05) is 4.72 Å². The third-order valence-corrected chi connectivity index (χ3v) is 4.78. The molecule has 3 rings (SSSR count). The maximum Gasteiger partial charge on any atom is 0.262 e. The van der Waals surface area contributed by atoms with Crippen molar-refractivity contribution in [3.63, 3.8) is 0 Å². The molecule has 0 saturated carbocycles. The molecule has 1 aromatic heterocycles. The second-order valence-electron chi connectivity index (χ2n) is 5.29. The van der Waals surface area contributed by atoms with Gasteiger partial charge in [-0.3, -0.25) is 4.72 Å². The van der Waals surface area contributed by atoms with Crippen LogP contribution in [0.2, 0.25) is 0 Å². The number of fused-ring (bicyclic) bond motifs is 1. The van der Waals surface area contributed by atoms with Crippen LogP contribution in [-0.4, -0.2) is 13.4 Å². The van der Waals surface area contributed by atoms with Gasteiger partial charge in [-0.25, -0.2) is 13.4 Å². The van der Waals surface area contributed by atoms with E-state index in [1.54, 1.807) is 13.0 Å². The molecule has 2 aromatic carbocycles. The number of aryl methyl sites for hydroxylation is 3. The molecule has 0 radical (unpaired) electrons. The van der Waals surface area contributed by atoms with E-state index in [-0.39, 0.29) is 4.90 Å². The van der Waals surface area contributed by atoms with Gasteiger partial charge < -0.3 is 4.42 Å². The van der Waals surface area contributed by atoms with Crippen LogP contribution in [0.3, 0.4) is 0 Å². The Morgan fingerprint density at radius 2 is 1.82 bits per heavy atom. The average molecular weight is 316 g/mol. The molecule has 0 aliphatic carbocycles. The first-order valence-corrected chi connectivity index (χ1v) is 8.31. The number of aromatic nitrogens is 1. The first kappa shape index (κ1) is 14.6. The standard InChI is InChI=1S/C16H16N2O3S/c1-10-4-5-11(2)15(8-10)18-22(19,20)13-6-7-14-16(9-13)21-12(3)17-14/h4-9,18H,1-3H3. The molecule has 1 N–H and O–H groups in total. The van der Waals surface area contributed by atoms with Crippen molar-refractivity contribution in [1.82, 2.24) is 4.98 Å². The monoisotopic (exact) mass is 316 g/mol. The Hall–Kier alpha value is -2.34. The maximum atomic E-state index is 12.5. The smallest absolute Gasteiger partial charge is 0.262 e. The highest BCUT2D eigenvalue weighted by atomic mass is 32.2. The van der Waals surface area contributed by atoms with Crippen molar-refractivity contribution in [3.8, 4) is 0 Å². The van der Waals surface area contributed by atoms with Crippen molar-refractivity contribution in [1.29, 1.82) is 0 Å². The van der Waals surface area contributed by atoms with Crippen molar-refractivity contribution in [3.05, 3.63) is 53.4 Å². The van der Waals surface area contributed by atoms with Gasteiger partial charge in [-0.15, -0.1) is 0 Å². The van der Waals surface area contributed by atoms with E-state index in [1.807, 2.05) is 32.0 Å². The van der Waals surface area contributed by atoms with Crippen LogP contribution in [-0.2, 0) is 10.0 Å². The Morgan fingerprint density at radius 1 is 1.05 bits per heavy atom. The summed E-state index contributed by atoms with van der Waals surface area (Å²) in [5.41, 5.74) is 3.54. The van der Waals surface area contributed by atoms with Gasteiger partial charge in [0.1, 0.15) is 5.52 Å². The van der Waals surface area contributed by atoms with Crippen LogP contribution in [0.5, 0.6) is 0 Å². The topological polar surface area (TPSA) is 72.2 Å². The van der Waals surface area contributed by atoms with Crippen LogP contribution in [0.1, 0.15) is 17.0 Å². The Bertz CT molecular complexity index is 959. The van der Waals surface area contributed by atoms with E-state index in [4.69, 9.17) is 4.42 Å². The molecule has 6 heteroatoms. The summed E-state index contributed by atoms with van der Waals surface area (Å²) in [5.74, 6) is 0.507. The Morgan fingerprint density at radius 3 is 2.59 bits per heavy atom. The number of hydrogen-bond acceptors (Lipinski definition) is 4. The van der Waals surface area contributed by atoms with Gasteiger partial charge in [0, 0.05) is 13.0 Å². The minimum absolute atomic E-state index is 0.150. The van der Waals surface area contributed by atoms with E-state index in [1.165, 1.54) is 12.1 Å². The summed E-state index contributed by atoms with van der Waals surface area (Å²) in [6, 6.07) is 10.3. The molecular formula is C16H16N2O3S. The first-order valence-electron chi connectivity index (χ1n) is 6.82. The molecule has 0 saturated heterocycles. The van der Waals surface area contributed by atoms with E-state index in [9.17, 15) is 8.42 Å². The Labute approximate surface area is 129 Å². The molecular weight excluding hydrogens is 300 g/mol. The van der Waals surface area contributed by atoms with Gasteiger partial charge in [0.25, 0.3) is 10.0 Å². The summed E-state index contributed by atoms with van der Waals surface area (Å²) < 4.78 is 33.1. The predicted molar refractivity (Wildman–Crippen MR) is 85.5 cm³/mol. The molecule has 3 aromatic rings. The molecule has 0 unspecified atom stereocenters. The molecule has 0 aliphatic heterocycles. The fraction of sp³-hybridized carbons (Fsp3) is 0.188. The quantitative estimate of drug-likeness (QED) is 0.802. The number of nitrogens with one attached hydrogen (secondary N) is 1. The summed E-state index contributed by atoms with van der Waals surface area (Å²) >= 11 is 0. The van der Waals surface area contributed by atoms with Crippen molar-refractivity contribution in [2.45, 2.75) is 25.7 Å². The lowest BCUT2D eigenvalue weighted by Crippen LogP contribution is -2.13. The average Bonchev–Trinajstić information content (AvgIpc) is 2.81. The van der Waals surface area contributed by atoms with Crippen LogP contribution in [0.4, 0.5) is 5.69 Å². The van der Waals surface area contributed by atoms with Crippen LogP contribution in [0, 0.1) is 20.8 Å². The summed E-state index contributed by atoms with van der Waals surface area (Å²) in [5, 5.41) is 0. The third-order valence-electron chi connectivity index (χ3n) is 3.41. The van der Waals surface area contributed by atoms with Crippen molar-refractivity contribution >= 4 is 26.8 Å². The van der Waals surface area contributed by atoms with E-state index in [0.717, 1.165) is 11.1 Å². The number of nitrogens with zero attached hydrogens (tertiary/aromatic N) is 1. The van der Waals surface area contributed by atoms with Gasteiger partial charge in [-0.1, -0.05) is 12.1 Å². The lowest BCUT2D eigenvalue weighted by molar-refractivity contribution is 0.559. The fourth-order valence-corrected chi connectivity index (χ4v) is 3.37. The van der Waals surface area contributed by atoms with Crippen LogP contribution >= 0.6 is 0 Å². The number of sulfonamides is 1. The molecule has 0 aliphatic rings. The summed E-state index contributed by atoms with van der Waals surface area (Å²) in [6.45, 7) is 5.50. The second-order valence-corrected chi connectivity index (χ2v) is 6.97. The molecule has 22 heavy (non-hydrogen) atoms. The number of hydrogen-bond donors (Lipinski definition) is 1. The Balaban J connectivity index is 2.02. The van der Waals surface area contributed by atoms with Gasteiger partial charge in [0.2, 0.25) is 0 Å². The zero-order chi connectivity index (χ0) is 15.9. The van der Waals surface area contributed by atoms with E-state index in [2.05, 4.69) is 9.71 Å². The van der Waals surface area contributed by atoms with Crippen LogP contribution in [0.25, 0.3) is 11.1 Å². The first-order chi connectivity index (χ1) is 10.3. The van der Waals surface area contributed by atoms with E-state index in [0.29, 0.717) is 22.7 Å². The number of oxazole rings is 1. The van der Waals surface area contributed by atoms with Crippen molar-refractivity contribution < 1.29 is 12.8 Å². The highest BCUT2D eigenvalue weighted by molar-refractivity contribution is 7.92. The molecule has 114 valence electrons. The van der Waals surface area contributed by atoms with Crippen LogP contribution < -0.4 is 4.72 Å². The molecule has 0 spiro atoms. The minimum Gasteiger partial charge on any atom is -0.441 e. The summed E-state index contributed by atoms with van der Waals surface area (Å²) in [4.78, 5) is 4.31. The van der Waals surface area contributed by atoms with E-state index < -0.39 is 10.0 Å². The number of benzene rings is 2. The molecule has 0 atom stereocenters. The van der Waals surface area contributed by atoms with Gasteiger partial charge >= 0.3 is 0 Å². The Kier molecular flexibility index (Phi) is 3.41. The lowest BCUT2D eigenvalue weighted by atomic mass is 10.1. The second kappa shape index (κ2) is 5.14. The predicted octanol–water partition coefficient (Wildman–Crippen LogP) is 3.55. The summed E-state index contributed by atoms with van der Waals surface area (Å²) in [6.07, 6.45) is 0. The highest BCUT2D eigenvalue weighted by Gasteiger charge is 2.17. The SMILES string of the molecule is Cc1ccc(C)c(NS(=O)(=O)c2ccc3nc(C)oc3c2)c1. The van der Waals surface area contributed by atoms with Gasteiger partial charge in [-0.05, 0) is 43.2 Å². The van der Waals surface area contributed by atoms with Gasteiger partial charge in [-0.2, -0.15) is 0 Å². The van der Waals surface area contributed by atoms with Crippen LogP contribution in [0.15, 0.2) is 45.7 Å². The third kappa shape index (κ3) is 2.69. The van der Waals surface area contributed by atoms with Gasteiger partial charge in [0.05, 0.1) is 10.6 Å². The maximum absolute atomic E-state index is 12.5. The zero-order valence-corrected chi connectivity index (χ0v) is 13.4. The molecule has 5 nitrogen and oxygen atoms in total.